The topological polar surface area (TPSA) is 56.2 Å². The Labute approximate surface area is 96.4 Å². The maximum Gasteiger partial charge on any atom is 0.221 e. The summed E-state index contributed by atoms with van der Waals surface area (Å²) in [6.07, 6.45) is 2.78. The van der Waals surface area contributed by atoms with Crippen LogP contribution in [0.3, 0.4) is 0 Å². The van der Waals surface area contributed by atoms with Gasteiger partial charge in [0.15, 0.2) is 11.6 Å². The third-order valence-corrected chi connectivity index (χ3v) is 2.14. The third kappa shape index (κ3) is 2.30. The van der Waals surface area contributed by atoms with E-state index in [-0.39, 0.29) is 11.5 Å². The Balaban J connectivity index is 2.32. The molecule has 2 N–H and O–H groups in total. The van der Waals surface area contributed by atoms with Gasteiger partial charge < -0.3 is 5.73 Å². The number of halogens is 2. The minimum atomic E-state index is -0.938. The highest BCUT2D eigenvalue weighted by Gasteiger charge is 2.05. The lowest BCUT2D eigenvalue weighted by atomic mass is 10.2. The highest BCUT2D eigenvalue weighted by molar-refractivity contribution is 5.79. The Morgan fingerprint density at radius 2 is 2.18 bits per heavy atom. The van der Waals surface area contributed by atoms with Gasteiger partial charge in [-0.15, -0.1) is 0 Å². The molecule has 0 fully saturated rings. The smallest absolute Gasteiger partial charge is 0.221 e. The van der Waals surface area contributed by atoms with Gasteiger partial charge in [0, 0.05) is 5.56 Å². The van der Waals surface area contributed by atoms with Crippen molar-refractivity contribution in [3.05, 3.63) is 47.3 Å². The predicted octanol–water partition coefficient (Wildman–Crippen LogP) is 1.93. The fourth-order valence-electron chi connectivity index (χ4n) is 1.34. The third-order valence-electron chi connectivity index (χ3n) is 2.14. The average molecular weight is 236 g/mol. The van der Waals surface area contributed by atoms with Crippen molar-refractivity contribution in [1.29, 1.82) is 0 Å². The van der Waals surface area contributed by atoms with E-state index in [9.17, 15) is 8.78 Å². The molecule has 17 heavy (non-hydrogen) atoms. The quantitative estimate of drug-likeness (QED) is 0.810. The van der Waals surface area contributed by atoms with Crippen LogP contribution in [0, 0.1) is 18.6 Å². The molecule has 0 unspecified atom stereocenters. The lowest BCUT2D eigenvalue weighted by Crippen LogP contribution is -1.98. The number of aryl methyl sites for hydroxylation is 1. The number of anilines is 1. The van der Waals surface area contributed by atoms with E-state index in [2.05, 4.69) is 10.1 Å². The van der Waals surface area contributed by atoms with Gasteiger partial charge in [0.2, 0.25) is 5.95 Å². The van der Waals surface area contributed by atoms with E-state index in [1.54, 1.807) is 13.1 Å². The molecule has 2 rings (SSSR count). The average Bonchev–Trinajstić information content (AvgIpc) is 2.60. The summed E-state index contributed by atoms with van der Waals surface area (Å²) in [5.74, 6) is -1.66. The summed E-state index contributed by atoms with van der Waals surface area (Å²) in [7, 11) is 0. The molecular weight excluding hydrogens is 226 g/mol. The van der Waals surface area contributed by atoms with Gasteiger partial charge in [0.05, 0.1) is 18.1 Å². The number of aromatic nitrogens is 2. The van der Waals surface area contributed by atoms with Gasteiger partial charge in [-0.3, -0.25) is 0 Å². The normalized spacial score (nSPS) is 11.2. The molecule has 1 aromatic carbocycles. The highest BCUT2D eigenvalue weighted by Crippen LogP contribution is 2.10. The monoisotopic (exact) mass is 236 g/mol. The van der Waals surface area contributed by atoms with Crippen molar-refractivity contribution in [2.75, 3.05) is 5.73 Å². The maximum atomic E-state index is 13.3. The van der Waals surface area contributed by atoms with Crippen LogP contribution in [0.4, 0.5) is 14.7 Å². The molecule has 6 heteroatoms. The van der Waals surface area contributed by atoms with Gasteiger partial charge >= 0.3 is 0 Å². The number of nitrogen functional groups attached to an aromatic ring is 1. The van der Waals surface area contributed by atoms with Crippen LogP contribution in [0.2, 0.25) is 0 Å². The molecule has 4 nitrogen and oxygen atoms in total. The SMILES string of the molecule is Cc1cn(N=Cc2cccc(F)c2F)c(N)n1. The summed E-state index contributed by atoms with van der Waals surface area (Å²) in [6, 6.07) is 3.87. The molecule has 0 radical (unpaired) electrons. The van der Waals surface area contributed by atoms with Crippen LogP contribution in [0.5, 0.6) is 0 Å². The van der Waals surface area contributed by atoms with E-state index in [4.69, 9.17) is 5.73 Å². The van der Waals surface area contributed by atoms with Crippen molar-refractivity contribution in [2.45, 2.75) is 6.92 Å². The summed E-state index contributed by atoms with van der Waals surface area (Å²) in [5.41, 5.74) is 6.29. The molecule has 0 saturated heterocycles. The van der Waals surface area contributed by atoms with Gasteiger partial charge in [-0.1, -0.05) is 12.1 Å². The van der Waals surface area contributed by atoms with Gasteiger partial charge in [-0.25, -0.2) is 18.4 Å². The van der Waals surface area contributed by atoms with E-state index in [1.165, 1.54) is 23.0 Å². The standard InChI is InChI=1S/C11H10F2N4/c1-7-6-17(11(14)16-7)15-5-8-3-2-4-9(12)10(8)13/h2-6H,1H3,(H2,14,16). The Morgan fingerprint density at radius 3 is 2.82 bits per heavy atom. The second-order valence-electron chi connectivity index (χ2n) is 3.47. The molecule has 0 bridgehead atoms. The molecule has 0 atom stereocenters. The Kier molecular flexibility index (Phi) is 2.86. The largest absolute Gasteiger partial charge is 0.368 e. The summed E-state index contributed by atoms with van der Waals surface area (Å²) in [6.45, 7) is 1.76. The molecule has 2 aromatic rings. The zero-order chi connectivity index (χ0) is 12.4. The number of nitrogens with two attached hydrogens (primary N) is 1. The molecular formula is C11H10F2N4. The Bertz CT molecular complexity index is 575. The van der Waals surface area contributed by atoms with Crippen LogP contribution in [0.1, 0.15) is 11.3 Å². The predicted molar refractivity (Wildman–Crippen MR) is 60.7 cm³/mol. The van der Waals surface area contributed by atoms with E-state index in [0.29, 0.717) is 5.69 Å². The van der Waals surface area contributed by atoms with Crippen LogP contribution in [0.15, 0.2) is 29.5 Å². The summed E-state index contributed by atoms with van der Waals surface area (Å²) < 4.78 is 27.5. The summed E-state index contributed by atoms with van der Waals surface area (Å²) in [4.78, 5) is 3.92. The molecule has 1 aromatic heterocycles. The van der Waals surface area contributed by atoms with Crippen molar-refractivity contribution in [3.63, 3.8) is 0 Å². The molecule has 1 heterocycles. The number of benzene rings is 1. The van der Waals surface area contributed by atoms with Crippen molar-refractivity contribution < 1.29 is 8.78 Å². The first-order valence-corrected chi connectivity index (χ1v) is 4.88. The fraction of sp³-hybridized carbons (Fsp3) is 0.0909. The van der Waals surface area contributed by atoms with E-state index < -0.39 is 11.6 Å². The number of rotatable bonds is 2. The van der Waals surface area contributed by atoms with Gasteiger partial charge in [-0.2, -0.15) is 5.10 Å². The molecule has 88 valence electrons. The van der Waals surface area contributed by atoms with Crippen molar-refractivity contribution in [3.8, 4) is 0 Å². The van der Waals surface area contributed by atoms with Gasteiger partial charge in [0.1, 0.15) is 0 Å². The number of nitrogens with zero attached hydrogens (tertiary/aromatic N) is 3. The highest BCUT2D eigenvalue weighted by atomic mass is 19.2. The maximum absolute atomic E-state index is 13.3. The van der Waals surface area contributed by atoms with Crippen LogP contribution < -0.4 is 5.73 Å². The van der Waals surface area contributed by atoms with Crippen LogP contribution in [0.25, 0.3) is 0 Å². The molecule has 0 amide bonds. The minimum Gasteiger partial charge on any atom is -0.368 e. The zero-order valence-electron chi connectivity index (χ0n) is 9.06. The van der Waals surface area contributed by atoms with Crippen molar-refractivity contribution in [1.82, 2.24) is 9.66 Å². The van der Waals surface area contributed by atoms with Crippen LogP contribution >= 0.6 is 0 Å². The van der Waals surface area contributed by atoms with Crippen LogP contribution in [-0.4, -0.2) is 15.9 Å². The molecule has 0 aliphatic heterocycles. The molecule has 0 spiro atoms. The van der Waals surface area contributed by atoms with E-state index >= 15 is 0 Å². The van der Waals surface area contributed by atoms with Crippen molar-refractivity contribution >= 4 is 12.2 Å². The number of hydrogen-bond acceptors (Lipinski definition) is 3. The lowest BCUT2D eigenvalue weighted by molar-refractivity contribution is 0.507. The lowest BCUT2D eigenvalue weighted by Gasteiger charge is -1.98. The van der Waals surface area contributed by atoms with Gasteiger partial charge in [-0.05, 0) is 13.0 Å². The Hall–Kier alpha value is -2.24. The molecule has 0 aliphatic carbocycles. The first-order chi connectivity index (χ1) is 8.08. The second kappa shape index (κ2) is 4.32. The summed E-state index contributed by atoms with van der Waals surface area (Å²) >= 11 is 0. The molecule has 0 saturated carbocycles. The number of imidazole rings is 1. The molecule has 0 aliphatic rings. The minimum absolute atomic E-state index is 0.0516. The van der Waals surface area contributed by atoms with E-state index in [1.807, 2.05) is 0 Å². The Morgan fingerprint density at radius 1 is 1.41 bits per heavy atom. The van der Waals surface area contributed by atoms with Gasteiger partial charge in [0.25, 0.3) is 0 Å². The van der Waals surface area contributed by atoms with Crippen molar-refractivity contribution in [2.24, 2.45) is 5.10 Å². The summed E-state index contributed by atoms with van der Waals surface area (Å²) in [5, 5.41) is 3.90. The van der Waals surface area contributed by atoms with Crippen LogP contribution in [-0.2, 0) is 0 Å². The first-order valence-electron chi connectivity index (χ1n) is 4.88. The fourth-order valence-corrected chi connectivity index (χ4v) is 1.34. The first kappa shape index (κ1) is 11.3. The second-order valence-corrected chi connectivity index (χ2v) is 3.47. The van der Waals surface area contributed by atoms with E-state index in [0.717, 1.165) is 6.07 Å². The zero-order valence-corrected chi connectivity index (χ0v) is 9.06. The number of hydrogen-bond donors (Lipinski definition) is 1.